The lowest BCUT2D eigenvalue weighted by Crippen LogP contribution is -2.48. The molecule has 0 spiro atoms. The molecule has 0 aromatic heterocycles. The van der Waals surface area contributed by atoms with Crippen LogP contribution >= 0.6 is 0 Å². The van der Waals surface area contributed by atoms with E-state index in [0.29, 0.717) is 0 Å². The molecule has 0 unspecified atom stereocenters. The number of aliphatic hydroxyl groups is 1. The predicted octanol–water partition coefficient (Wildman–Crippen LogP) is 0.865. The Bertz CT molecular complexity index is 229. The van der Waals surface area contributed by atoms with Crippen molar-refractivity contribution in [1.29, 1.82) is 0 Å². The maximum atomic E-state index is 10.6. The summed E-state index contributed by atoms with van der Waals surface area (Å²) in [5.41, 5.74) is 5.83. The van der Waals surface area contributed by atoms with E-state index in [1.165, 1.54) is 13.5 Å². The van der Waals surface area contributed by atoms with Crippen molar-refractivity contribution in [3.05, 3.63) is 0 Å². The summed E-state index contributed by atoms with van der Waals surface area (Å²) < 4.78 is 0. The molecule has 0 aromatic rings. The maximum absolute atomic E-state index is 10.6. The molecule has 0 radical (unpaired) electrons. The second kappa shape index (κ2) is 6.06. The average Bonchev–Trinajstić information content (AvgIpc) is 2.28. The number of nitrogens with two attached hydrogens (primary N) is 1. The molecule has 5 nitrogen and oxygen atoms in total. The molecular weight excluding hydrogens is 208 g/mol. The number of carboxylic acid groups (broad SMARTS) is 1. The fraction of sp³-hybridized carbons (Fsp3) is 0.909. The van der Waals surface area contributed by atoms with Crippen molar-refractivity contribution in [2.45, 2.75) is 44.2 Å². The zero-order valence-corrected chi connectivity index (χ0v) is 9.80. The average molecular weight is 230 g/mol. The lowest BCUT2D eigenvalue weighted by Gasteiger charge is -2.31. The number of nitrogens with zero attached hydrogens (tertiary/aromatic N) is 1. The van der Waals surface area contributed by atoms with Gasteiger partial charge in [-0.1, -0.05) is 19.3 Å². The van der Waals surface area contributed by atoms with E-state index in [-0.39, 0.29) is 12.5 Å². The summed E-state index contributed by atoms with van der Waals surface area (Å²) in [4.78, 5) is 11.7. The molecule has 0 aliphatic heterocycles. The highest BCUT2D eigenvalue weighted by molar-refractivity contribution is 5.64. The van der Waals surface area contributed by atoms with Crippen molar-refractivity contribution in [1.82, 2.24) is 4.90 Å². The van der Waals surface area contributed by atoms with Crippen LogP contribution in [-0.2, 0) is 0 Å². The summed E-state index contributed by atoms with van der Waals surface area (Å²) in [7, 11) is 1.47. The second-order valence-electron chi connectivity index (χ2n) is 4.72. The number of carbonyl (C=O) groups is 1. The minimum Gasteiger partial charge on any atom is -0.465 e. The van der Waals surface area contributed by atoms with Crippen molar-refractivity contribution in [2.24, 2.45) is 11.7 Å². The number of aliphatic hydroxyl groups excluding tert-OH is 1. The van der Waals surface area contributed by atoms with Gasteiger partial charge in [-0.2, -0.15) is 0 Å². The Morgan fingerprint density at radius 1 is 1.44 bits per heavy atom. The predicted molar refractivity (Wildman–Crippen MR) is 61.2 cm³/mol. The lowest BCUT2D eigenvalue weighted by molar-refractivity contribution is 0.0519. The van der Waals surface area contributed by atoms with Gasteiger partial charge >= 0.3 is 6.09 Å². The standard InChI is InChI=1S/C11H22N2O3/c1-13(11(15)16)7-9(12)10(14)8-5-3-2-4-6-8/h8-10,14H,2-7,12H2,1H3,(H,15,16)/t9-,10-/m1/s1. The topological polar surface area (TPSA) is 86.8 Å². The van der Waals surface area contributed by atoms with E-state index in [1.54, 1.807) is 0 Å². The van der Waals surface area contributed by atoms with Crippen LogP contribution in [0.3, 0.4) is 0 Å². The molecule has 0 heterocycles. The molecule has 16 heavy (non-hydrogen) atoms. The smallest absolute Gasteiger partial charge is 0.407 e. The molecule has 1 aliphatic rings. The minimum absolute atomic E-state index is 0.188. The summed E-state index contributed by atoms with van der Waals surface area (Å²) in [6.45, 7) is 0.188. The van der Waals surface area contributed by atoms with Crippen LogP contribution in [0.5, 0.6) is 0 Å². The van der Waals surface area contributed by atoms with E-state index in [4.69, 9.17) is 10.8 Å². The molecule has 1 amide bonds. The molecule has 1 saturated carbocycles. The molecular formula is C11H22N2O3. The second-order valence-corrected chi connectivity index (χ2v) is 4.72. The van der Waals surface area contributed by atoms with Gasteiger partial charge < -0.3 is 20.8 Å². The quantitative estimate of drug-likeness (QED) is 0.668. The first-order chi connectivity index (χ1) is 7.52. The van der Waals surface area contributed by atoms with E-state index < -0.39 is 18.2 Å². The van der Waals surface area contributed by atoms with Crippen LogP contribution in [0.1, 0.15) is 32.1 Å². The van der Waals surface area contributed by atoms with E-state index in [0.717, 1.165) is 30.6 Å². The van der Waals surface area contributed by atoms with Gasteiger partial charge in [-0.05, 0) is 18.8 Å². The molecule has 0 bridgehead atoms. The zero-order valence-electron chi connectivity index (χ0n) is 9.80. The Hall–Kier alpha value is -0.810. The summed E-state index contributed by atoms with van der Waals surface area (Å²) in [6, 6.07) is -0.482. The Morgan fingerprint density at radius 3 is 2.50 bits per heavy atom. The highest BCUT2D eigenvalue weighted by atomic mass is 16.4. The molecule has 1 rings (SSSR count). The van der Waals surface area contributed by atoms with Gasteiger partial charge in [0.15, 0.2) is 0 Å². The number of hydrogen-bond acceptors (Lipinski definition) is 3. The summed E-state index contributed by atoms with van der Waals surface area (Å²) in [5, 5.41) is 18.7. The maximum Gasteiger partial charge on any atom is 0.407 e. The third kappa shape index (κ3) is 3.64. The molecule has 0 aromatic carbocycles. The van der Waals surface area contributed by atoms with E-state index in [2.05, 4.69) is 0 Å². The summed E-state index contributed by atoms with van der Waals surface area (Å²) in [5.74, 6) is 0.242. The fourth-order valence-electron chi connectivity index (χ4n) is 2.33. The molecule has 94 valence electrons. The Kier molecular flexibility index (Phi) is 5.02. The van der Waals surface area contributed by atoms with Gasteiger partial charge in [0.05, 0.1) is 6.10 Å². The fourth-order valence-corrected chi connectivity index (χ4v) is 2.33. The molecule has 1 fully saturated rings. The number of hydrogen-bond donors (Lipinski definition) is 3. The van der Waals surface area contributed by atoms with E-state index >= 15 is 0 Å². The van der Waals surface area contributed by atoms with Crippen LogP contribution in [0.4, 0.5) is 4.79 Å². The van der Waals surface area contributed by atoms with Gasteiger partial charge in [0.25, 0.3) is 0 Å². The Morgan fingerprint density at radius 2 is 2.00 bits per heavy atom. The first-order valence-corrected chi connectivity index (χ1v) is 5.90. The first kappa shape index (κ1) is 13.3. The molecule has 5 heteroatoms. The van der Waals surface area contributed by atoms with Gasteiger partial charge in [-0.15, -0.1) is 0 Å². The highest BCUT2D eigenvalue weighted by Gasteiger charge is 2.27. The Balaban J connectivity index is 2.39. The largest absolute Gasteiger partial charge is 0.465 e. The SMILES string of the molecule is CN(C[C@@H](N)[C@H](O)C1CCCCC1)C(=O)O. The monoisotopic (exact) mass is 230 g/mol. The third-order valence-corrected chi connectivity index (χ3v) is 3.38. The molecule has 1 aliphatic carbocycles. The summed E-state index contributed by atoms with van der Waals surface area (Å²) in [6.07, 6.45) is 3.94. The van der Waals surface area contributed by atoms with Gasteiger partial charge in [0.2, 0.25) is 0 Å². The molecule has 0 saturated heterocycles. The normalized spacial score (nSPS) is 21.4. The number of amides is 1. The minimum atomic E-state index is -1.01. The number of likely N-dealkylation sites (N-methyl/N-ethyl adjacent to an activating group) is 1. The van der Waals surface area contributed by atoms with Crippen molar-refractivity contribution in [3.8, 4) is 0 Å². The zero-order chi connectivity index (χ0) is 12.1. The van der Waals surface area contributed by atoms with Gasteiger partial charge in [0.1, 0.15) is 0 Å². The van der Waals surface area contributed by atoms with Gasteiger partial charge in [-0.25, -0.2) is 4.79 Å². The van der Waals surface area contributed by atoms with Gasteiger partial charge in [-0.3, -0.25) is 0 Å². The molecule has 2 atom stereocenters. The first-order valence-electron chi connectivity index (χ1n) is 5.90. The third-order valence-electron chi connectivity index (χ3n) is 3.38. The van der Waals surface area contributed by atoms with Crippen molar-refractivity contribution in [2.75, 3.05) is 13.6 Å². The van der Waals surface area contributed by atoms with Crippen LogP contribution in [0.2, 0.25) is 0 Å². The van der Waals surface area contributed by atoms with Crippen molar-refractivity contribution in [3.63, 3.8) is 0 Å². The van der Waals surface area contributed by atoms with E-state index in [9.17, 15) is 9.90 Å². The van der Waals surface area contributed by atoms with Crippen molar-refractivity contribution < 1.29 is 15.0 Å². The Labute approximate surface area is 96.2 Å². The highest BCUT2D eigenvalue weighted by Crippen LogP contribution is 2.27. The number of rotatable bonds is 4. The van der Waals surface area contributed by atoms with Crippen LogP contribution in [0.25, 0.3) is 0 Å². The van der Waals surface area contributed by atoms with Gasteiger partial charge in [0, 0.05) is 19.6 Å². The van der Waals surface area contributed by atoms with Crippen LogP contribution < -0.4 is 5.73 Å². The van der Waals surface area contributed by atoms with Crippen LogP contribution in [0.15, 0.2) is 0 Å². The van der Waals surface area contributed by atoms with Crippen LogP contribution in [-0.4, -0.2) is 46.9 Å². The van der Waals surface area contributed by atoms with Crippen LogP contribution in [0, 0.1) is 5.92 Å². The van der Waals surface area contributed by atoms with E-state index in [1.807, 2.05) is 0 Å². The summed E-state index contributed by atoms with van der Waals surface area (Å²) >= 11 is 0. The lowest BCUT2D eigenvalue weighted by atomic mass is 9.83. The molecule has 4 N–H and O–H groups in total. The van der Waals surface area contributed by atoms with Crippen molar-refractivity contribution >= 4 is 6.09 Å².